The molecule has 28 heavy (non-hydrogen) atoms. The molecule has 2 aromatic rings. The third kappa shape index (κ3) is 4.41. The van der Waals surface area contributed by atoms with Gasteiger partial charge >= 0.3 is 12.1 Å². The van der Waals surface area contributed by atoms with Gasteiger partial charge in [-0.1, -0.05) is 25.2 Å². The van der Waals surface area contributed by atoms with Crippen molar-refractivity contribution in [3.8, 4) is 0 Å². The smallest absolute Gasteiger partial charge is 0.410 e. The van der Waals surface area contributed by atoms with Crippen LogP contribution in [0.2, 0.25) is 0 Å². The lowest BCUT2D eigenvalue weighted by atomic mass is 10.2. The fourth-order valence-electron chi connectivity index (χ4n) is 2.99. The van der Waals surface area contributed by atoms with Crippen molar-refractivity contribution in [1.29, 1.82) is 0 Å². The predicted molar refractivity (Wildman–Crippen MR) is 106 cm³/mol. The van der Waals surface area contributed by atoms with Gasteiger partial charge in [-0.05, 0) is 37.0 Å². The van der Waals surface area contributed by atoms with Gasteiger partial charge in [0.05, 0.1) is 29.5 Å². The number of rotatable bonds is 5. The highest BCUT2D eigenvalue weighted by molar-refractivity contribution is 7.22. The van der Waals surface area contributed by atoms with Crippen LogP contribution in [0.15, 0.2) is 18.2 Å². The lowest BCUT2D eigenvalue weighted by Gasteiger charge is -2.23. The second-order valence-electron chi connectivity index (χ2n) is 7.00. The summed E-state index contributed by atoms with van der Waals surface area (Å²) >= 11 is 1.26. The van der Waals surface area contributed by atoms with Crippen LogP contribution in [-0.4, -0.2) is 54.2 Å². The van der Waals surface area contributed by atoms with E-state index < -0.39 is 18.1 Å². The third-order valence-electron chi connectivity index (χ3n) is 4.37. The summed E-state index contributed by atoms with van der Waals surface area (Å²) in [5, 5.41) is 3.21. The van der Waals surface area contributed by atoms with Crippen LogP contribution in [0.1, 0.15) is 37.0 Å². The Morgan fingerprint density at radius 2 is 2.14 bits per heavy atom. The van der Waals surface area contributed by atoms with Gasteiger partial charge in [0.1, 0.15) is 6.04 Å². The number of carbonyl (C=O) groups excluding carboxylic acids is 3. The Morgan fingerprint density at radius 1 is 1.36 bits per heavy atom. The topological polar surface area (TPSA) is 97.8 Å². The summed E-state index contributed by atoms with van der Waals surface area (Å²) in [6.45, 7) is 4.74. The average Bonchev–Trinajstić information content (AvgIpc) is 3.31. The molecule has 0 spiro atoms. The molecule has 0 bridgehead atoms. The van der Waals surface area contributed by atoms with Crippen molar-refractivity contribution < 1.29 is 23.9 Å². The van der Waals surface area contributed by atoms with Crippen molar-refractivity contribution in [3.05, 3.63) is 23.8 Å². The molecule has 150 valence electrons. The number of likely N-dealkylation sites (tertiary alicyclic amines) is 1. The van der Waals surface area contributed by atoms with E-state index in [9.17, 15) is 14.4 Å². The Morgan fingerprint density at radius 3 is 2.86 bits per heavy atom. The number of hydrogen-bond acceptors (Lipinski definition) is 7. The van der Waals surface area contributed by atoms with E-state index in [0.29, 0.717) is 35.8 Å². The molecule has 1 aliphatic heterocycles. The van der Waals surface area contributed by atoms with Gasteiger partial charge in [-0.25, -0.2) is 14.6 Å². The molecular formula is C19H23N3O5S. The van der Waals surface area contributed by atoms with E-state index in [-0.39, 0.29) is 11.8 Å². The summed E-state index contributed by atoms with van der Waals surface area (Å²) in [5.74, 6) is -0.481. The van der Waals surface area contributed by atoms with Crippen LogP contribution < -0.4 is 5.32 Å². The molecule has 1 saturated heterocycles. The molecule has 8 nitrogen and oxygen atoms in total. The minimum atomic E-state index is -0.572. The molecule has 0 radical (unpaired) electrons. The molecular weight excluding hydrogens is 382 g/mol. The Balaban J connectivity index is 1.69. The zero-order valence-corrected chi connectivity index (χ0v) is 16.9. The van der Waals surface area contributed by atoms with Crippen molar-refractivity contribution in [2.45, 2.75) is 32.7 Å². The number of fused-ring (bicyclic) bond motifs is 1. The number of amides is 2. The number of hydrogen-bond donors (Lipinski definition) is 1. The Labute approximate surface area is 166 Å². The van der Waals surface area contributed by atoms with Crippen molar-refractivity contribution in [1.82, 2.24) is 9.88 Å². The number of methoxy groups -OCH3 is 1. The number of carbonyl (C=O) groups is 3. The van der Waals surface area contributed by atoms with E-state index in [1.54, 1.807) is 18.2 Å². The number of ether oxygens (including phenoxy) is 2. The van der Waals surface area contributed by atoms with Gasteiger partial charge in [-0.15, -0.1) is 0 Å². The number of thiazole rings is 1. The van der Waals surface area contributed by atoms with Crippen molar-refractivity contribution in [3.63, 3.8) is 0 Å². The second kappa shape index (κ2) is 8.55. The largest absolute Gasteiger partial charge is 0.465 e. The van der Waals surface area contributed by atoms with E-state index in [1.807, 2.05) is 13.8 Å². The highest BCUT2D eigenvalue weighted by atomic mass is 32.1. The van der Waals surface area contributed by atoms with E-state index in [1.165, 1.54) is 23.3 Å². The summed E-state index contributed by atoms with van der Waals surface area (Å²) in [4.78, 5) is 42.5. The molecule has 2 heterocycles. The number of benzene rings is 1. The third-order valence-corrected chi connectivity index (χ3v) is 5.30. The first-order chi connectivity index (χ1) is 13.4. The Hall–Kier alpha value is -2.68. The van der Waals surface area contributed by atoms with Gasteiger partial charge in [0.15, 0.2) is 5.13 Å². The Kier molecular flexibility index (Phi) is 6.13. The highest BCUT2D eigenvalue weighted by Gasteiger charge is 2.35. The molecule has 0 saturated carbocycles. The highest BCUT2D eigenvalue weighted by Crippen LogP contribution is 2.28. The van der Waals surface area contributed by atoms with E-state index in [0.717, 1.165) is 11.1 Å². The monoisotopic (exact) mass is 405 g/mol. The maximum absolute atomic E-state index is 12.7. The summed E-state index contributed by atoms with van der Waals surface area (Å²) in [5.41, 5.74) is 1.10. The lowest BCUT2D eigenvalue weighted by molar-refractivity contribution is -0.120. The van der Waals surface area contributed by atoms with Crippen LogP contribution in [0, 0.1) is 5.92 Å². The number of anilines is 1. The summed E-state index contributed by atoms with van der Waals surface area (Å²) in [6.07, 6.45) is 0.871. The van der Waals surface area contributed by atoms with Gasteiger partial charge in [-0.3, -0.25) is 9.69 Å². The Bertz CT molecular complexity index is 895. The molecule has 1 atom stereocenters. The van der Waals surface area contributed by atoms with E-state index in [2.05, 4.69) is 10.3 Å². The van der Waals surface area contributed by atoms with Crippen molar-refractivity contribution >= 4 is 44.7 Å². The maximum atomic E-state index is 12.7. The molecule has 0 aliphatic carbocycles. The molecule has 1 aromatic carbocycles. The molecule has 1 aromatic heterocycles. The van der Waals surface area contributed by atoms with Crippen LogP contribution in [0.5, 0.6) is 0 Å². The normalized spacial score (nSPS) is 16.4. The molecule has 1 N–H and O–H groups in total. The van der Waals surface area contributed by atoms with E-state index >= 15 is 0 Å². The molecule has 3 rings (SSSR count). The maximum Gasteiger partial charge on any atom is 0.410 e. The minimum Gasteiger partial charge on any atom is -0.465 e. The number of aromatic nitrogens is 1. The fourth-order valence-corrected chi connectivity index (χ4v) is 3.90. The van der Waals surface area contributed by atoms with Crippen LogP contribution in [0.4, 0.5) is 9.93 Å². The summed E-state index contributed by atoms with van der Waals surface area (Å²) in [7, 11) is 1.32. The van der Waals surface area contributed by atoms with Crippen LogP contribution in [0.3, 0.4) is 0 Å². The SMILES string of the molecule is COC(=O)c1ccc2nc(NC(=O)C3CCCN3C(=O)OCC(C)C)sc2c1. The first-order valence-corrected chi connectivity index (χ1v) is 9.94. The standard InChI is InChI=1S/C19H23N3O5S/c1-11(2)10-27-19(25)22-8-4-5-14(22)16(23)21-18-20-13-7-6-12(17(24)26-3)9-15(13)28-18/h6-7,9,11,14H,4-5,8,10H2,1-3H3,(H,20,21,23). The first kappa shape index (κ1) is 20.1. The van der Waals surface area contributed by atoms with Gasteiger partial charge in [0.25, 0.3) is 0 Å². The molecule has 2 amide bonds. The van der Waals surface area contributed by atoms with Crippen LogP contribution in [0.25, 0.3) is 10.2 Å². The van der Waals surface area contributed by atoms with E-state index in [4.69, 9.17) is 9.47 Å². The lowest BCUT2D eigenvalue weighted by Crippen LogP contribution is -2.43. The molecule has 1 unspecified atom stereocenters. The predicted octanol–water partition coefficient (Wildman–Crippen LogP) is 3.28. The first-order valence-electron chi connectivity index (χ1n) is 9.12. The van der Waals surface area contributed by atoms with Gasteiger partial charge in [0, 0.05) is 6.54 Å². The summed E-state index contributed by atoms with van der Waals surface area (Å²) < 4.78 is 10.7. The quantitative estimate of drug-likeness (QED) is 0.767. The van der Waals surface area contributed by atoms with Gasteiger partial charge in [0.2, 0.25) is 5.91 Å². The molecule has 9 heteroatoms. The number of esters is 1. The average molecular weight is 405 g/mol. The zero-order valence-electron chi connectivity index (χ0n) is 16.1. The summed E-state index contributed by atoms with van der Waals surface area (Å²) in [6, 6.07) is 4.44. The molecule has 1 fully saturated rings. The van der Waals surface area contributed by atoms with Gasteiger partial charge < -0.3 is 14.8 Å². The van der Waals surface area contributed by atoms with Crippen LogP contribution in [-0.2, 0) is 14.3 Å². The van der Waals surface area contributed by atoms with Crippen molar-refractivity contribution in [2.75, 3.05) is 25.6 Å². The van der Waals surface area contributed by atoms with Crippen molar-refractivity contribution in [2.24, 2.45) is 5.92 Å². The fraction of sp³-hybridized carbons (Fsp3) is 0.474. The zero-order chi connectivity index (χ0) is 20.3. The van der Waals surface area contributed by atoms with Gasteiger partial charge in [-0.2, -0.15) is 0 Å². The molecule has 1 aliphatic rings. The number of nitrogens with zero attached hydrogens (tertiary/aromatic N) is 2. The van der Waals surface area contributed by atoms with Crippen LogP contribution >= 0.6 is 11.3 Å². The minimum absolute atomic E-state index is 0.233. The number of nitrogens with one attached hydrogen (secondary N) is 1. The second-order valence-corrected chi connectivity index (χ2v) is 8.04.